The van der Waals surface area contributed by atoms with Crippen molar-refractivity contribution in [1.82, 2.24) is 30.1 Å². The Balaban J connectivity index is 1.37. The maximum atomic E-state index is 5.36. The predicted molar refractivity (Wildman–Crippen MR) is 101 cm³/mol. The topological polar surface area (TPSA) is 120 Å². The zero-order valence-electron chi connectivity index (χ0n) is 14.2. The molecule has 4 aromatic heterocycles. The van der Waals surface area contributed by atoms with E-state index >= 15 is 0 Å². The first-order chi connectivity index (χ1) is 13.3. The van der Waals surface area contributed by atoms with E-state index in [9.17, 15) is 0 Å². The van der Waals surface area contributed by atoms with Gasteiger partial charge in [0.2, 0.25) is 5.95 Å². The molecule has 4 heterocycles. The van der Waals surface area contributed by atoms with E-state index in [4.69, 9.17) is 4.42 Å². The fraction of sp³-hybridized carbons (Fsp3) is 0.111. The largest absolute Gasteiger partial charge is 0.467 e. The Labute approximate surface area is 153 Å². The van der Waals surface area contributed by atoms with Gasteiger partial charge in [0.1, 0.15) is 11.3 Å². The Bertz CT molecular complexity index is 1190. The molecule has 4 N–H and O–H groups in total. The SMILES string of the molecule is c1coc(CNc2nc(NCc3ccc4cn[nH]c4c3)nc3nc[nH]c23)c1. The first-order valence-electron chi connectivity index (χ1n) is 8.48. The standard InChI is InChI=1S/C18H16N8O/c1-2-13(27-5-1)9-19-16-15-17(22-10-21-15)25-18(24-16)20-7-11-3-4-12-8-23-26-14(12)6-11/h1-6,8,10H,7,9H2,(H,23,26)(H3,19,20,21,22,24,25). The maximum Gasteiger partial charge on any atom is 0.227 e. The molecule has 0 aliphatic heterocycles. The molecule has 0 fully saturated rings. The highest BCUT2D eigenvalue weighted by Crippen LogP contribution is 2.20. The number of furan rings is 1. The summed E-state index contributed by atoms with van der Waals surface area (Å²) < 4.78 is 5.36. The number of benzene rings is 1. The quantitative estimate of drug-likeness (QED) is 0.367. The minimum Gasteiger partial charge on any atom is -0.467 e. The summed E-state index contributed by atoms with van der Waals surface area (Å²) in [4.78, 5) is 16.4. The number of hydrogen-bond donors (Lipinski definition) is 4. The average molecular weight is 360 g/mol. The number of rotatable bonds is 6. The van der Waals surface area contributed by atoms with Crippen molar-refractivity contribution in [3.63, 3.8) is 0 Å². The lowest BCUT2D eigenvalue weighted by molar-refractivity contribution is 0.518. The van der Waals surface area contributed by atoms with Gasteiger partial charge in [-0.3, -0.25) is 5.10 Å². The van der Waals surface area contributed by atoms with Crippen LogP contribution in [0.2, 0.25) is 0 Å². The maximum absolute atomic E-state index is 5.36. The molecule has 9 heteroatoms. The van der Waals surface area contributed by atoms with Crippen LogP contribution in [-0.2, 0) is 13.1 Å². The van der Waals surface area contributed by atoms with Crippen molar-refractivity contribution in [2.75, 3.05) is 10.6 Å². The van der Waals surface area contributed by atoms with E-state index in [0.717, 1.165) is 27.7 Å². The van der Waals surface area contributed by atoms with Gasteiger partial charge in [-0.1, -0.05) is 12.1 Å². The second-order valence-electron chi connectivity index (χ2n) is 6.08. The molecule has 0 unspecified atom stereocenters. The summed E-state index contributed by atoms with van der Waals surface area (Å²) in [5.41, 5.74) is 3.45. The molecule has 0 saturated heterocycles. The first-order valence-corrected chi connectivity index (χ1v) is 8.48. The van der Waals surface area contributed by atoms with E-state index in [2.05, 4.69) is 46.8 Å². The van der Waals surface area contributed by atoms with Crippen LogP contribution in [-0.4, -0.2) is 30.1 Å². The number of fused-ring (bicyclic) bond motifs is 2. The third-order valence-corrected chi connectivity index (χ3v) is 4.25. The summed E-state index contributed by atoms with van der Waals surface area (Å²) >= 11 is 0. The van der Waals surface area contributed by atoms with Gasteiger partial charge in [-0.05, 0) is 23.8 Å². The number of H-pyrrole nitrogens is 2. The Morgan fingerprint density at radius 2 is 2.07 bits per heavy atom. The molecule has 134 valence electrons. The Hall–Kier alpha value is -3.88. The molecular weight excluding hydrogens is 344 g/mol. The van der Waals surface area contributed by atoms with Crippen LogP contribution in [0.4, 0.5) is 11.8 Å². The molecule has 9 nitrogen and oxygen atoms in total. The molecule has 0 atom stereocenters. The Kier molecular flexibility index (Phi) is 3.67. The van der Waals surface area contributed by atoms with Gasteiger partial charge >= 0.3 is 0 Å². The number of anilines is 2. The number of nitrogens with zero attached hydrogens (tertiary/aromatic N) is 4. The van der Waals surface area contributed by atoms with Gasteiger partial charge < -0.3 is 20.0 Å². The van der Waals surface area contributed by atoms with Crippen LogP contribution in [0.15, 0.2) is 53.5 Å². The van der Waals surface area contributed by atoms with Crippen molar-refractivity contribution in [3.8, 4) is 0 Å². The van der Waals surface area contributed by atoms with Crippen LogP contribution in [0.3, 0.4) is 0 Å². The third kappa shape index (κ3) is 3.06. The summed E-state index contributed by atoms with van der Waals surface area (Å²) in [5, 5.41) is 14.6. The van der Waals surface area contributed by atoms with E-state index in [1.165, 1.54) is 0 Å². The van der Waals surface area contributed by atoms with Gasteiger partial charge in [0, 0.05) is 11.9 Å². The number of aromatic nitrogens is 6. The number of imidazole rings is 1. The van der Waals surface area contributed by atoms with E-state index < -0.39 is 0 Å². The third-order valence-electron chi connectivity index (χ3n) is 4.25. The molecule has 0 aliphatic rings. The molecule has 0 amide bonds. The highest BCUT2D eigenvalue weighted by molar-refractivity contribution is 5.83. The monoisotopic (exact) mass is 360 g/mol. The van der Waals surface area contributed by atoms with Gasteiger partial charge in [0.05, 0.1) is 30.8 Å². The lowest BCUT2D eigenvalue weighted by Crippen LogP contribution is -2.08. The smallest absolute Gasteiger partial charge is 0.227 e. The minimum absolute atomic E-state index is 0.501. The van der Waals surface area contributed by atoms with E-state index in [0.29, 0.717) is 30.5 Å². The lowest BCUT2D eigenvalue weighted by atomic mass is 10.2. The molecule has 27 heavy (non-hydrogen) atoms. The van der Waals surface area contributed by atoms with Crippen molar-refractivity contribution in [2.24, 2.45) is 0 Å². The number of hydrogen-bond acceptors (Lipinski definition) is 7. The Morgan fingerprint density at radius 1 is 1.07 bits per heavy atom. The highest BCUT2D eigenvalue weighted by atomic mass is 16.3. The predicted octanol–water partition coefficient (Wildman–Crippen LogP) is 3.05. The van der Waals surface area contributed by atoms with Crippen molar-refractivity contribution >= 4 is 33.8 Å². The van der Waals surface area contributed by atoms with E-state index in [1.54, 1.807) is 18.8 Å². The summed E-state index contributed by atoms with van der Waals surface area (Å²) in [6.07, 6.45) is 5.05. The Morgan fingerprint density at radius 3 is 3.00 bits per heavy atom. The van der Waals surface area contributed by atoms with Crippen LogP contribution >= 0.6 is 0 Å². The van der Waals surface area contributed by atoms with E-state index in [-0.39, 0.29) is 0 Å². The fourth-order valence-corrected chi connectivity index (χ4v) is 2.90. The van der Waals surface area contributed by atoms with Gasteiger partial charge in [0.15, 0.2) is 11.5 Å². The van der Waals surface area contributed by atoms with Crippen molar-refractivity contribution in [1.29, 1.82) is 0 Å². The van der Waals surface area contributed by atoms with Gasteiger partial charge in [-0.2, -0.15) is 15.1 Å². The van der Waals surface area contributed by atoms with Gasteiger partial charge in [-0.15, -0.1) is 0 Å². The zero-order valence-corrected chi connectivity index (χ0v) is 14.2. The molecule has 0 saturated carbocycles. The van der Waals surface area contributed by atoms with Crippen LogP contribution in [0, 0.1) is 0 Å². The van der Waals surface area contributed by atoms with Crippen LogP contribution in [0.25, 0.3) is 22.1 Å². The minimum atomic E-state index is 0.501. The molecule has 0 bridgehead atoms. The summed E-state index contributed by atoms with van der Waals surface area (Å²) in [6.45, 7) is 1.11. The van der Waals surface area contributed by atoms with Crippen LogP contribution in [0.5, 0.6) is 0 Å². The lowest BCUT2D eigenvalue weighted by Gasteiger charge is -2.09. The van der Waals surface area contributed by atoms with Crippen molar-refractivity contribution in [2.45, 2.75) is 13.1 Å². The first kappa shape index (κ1) is 15.4. The fourth-order valence-electron chi connectivity index (χ4n) is 2.90. The summed E-state index contributed by atoms with van der Waals surface area (Å²) in [7, 11) is 0. The van der Waals surface area contributed by atoms with E-state index in [1.807, 2.05) is 24.3 Å². The summed E-state index contributed by atoms with van der Waals surface area (Å²) in [6, 6.07) is 9.89. The molecular formula is C18H16N8O. The summed E-state index contributed by atoms with van der Waals surface area (Å²) in [5.74, 6) is 1.99. The molecule has 0 radical (unpaired) electrons. The normalized spacial score (nSPS) is 11.3. The number of aromatic amines is 2. The molecule has 5 rings (SSSR count). The second kappa shape index (κ2) is 6.45. The average Bonchev–Trinajstić information content (AvgIpc) is 3.45. The van der Waals surface area contributed by atoms with Crippen LogP contribution < -0.4 is 10.6 Å². The van der Waals surface area contributed by atoms with Gasteiger partial charge in [-0.25, -0.2) is 4.98 Å². The molecule has 0 aliphatic carbocycles. The van der Waals surface area contributed by atoms with Gasteiger partial charge in [0.25, 0.3) is 0 Å². The highest BCUT2D eigenvalue weighted by Gasteiger charge is 2.10. The van der Waals surface area contributed by atoms with Crippen molar-refractivity contribution < 1.29 is 4.42 Å². The zero-order chi connectivity index (χ0) is 18.1. The second-order valence-corrected chi connectivity index (χ2v) is 6.08. The number of nitrogens with one attached hydrogen (secondary N) is 4. The molecule has 5 aromatic rings. The van der Waals surface area contributed by atoms with Crippen LogP contribution in [0.1, 0.15) is 11.3 Å². The molecule has 1 aromatic carbocycles. The molecule has 0 spiro atoms. The van der Waals surface area contributed by atoms with Crippen molar-refractivity contribution in [3.05, 3.63) is 60.4 Å².